The first kappa shape index (κ1) is 14.7. The van der Waals surface area contributed by atoms with E-state index in [9.17, 15) is 8.78 Å². The zero-order valence-electron chi connectivity index (χ0n) is 11.5. The molecule has 0 saturated carbocycles. The second kappa shape index (κ2) is 6.24. The maximum atomic E-state index is 13.8. The molecule has 21 heavy (non-hydrogen) atoms. The summed E-state index contributed by atoms with van der Waals surface area (Å²) in [5, 5.41) is 3.38. The minimum absolute atomic E-state index is 0.228. The Morgan fingerprint density at radius 3 is 2.38 bits per heavy atom. The van der Waals surface area contributed by atoms with Gasteiger partial charge in [-0.05, 0) is 70.2 Å². The number of benzene rings is 2. The molecule has 1 heterocycles. The van der Waals surface area contributed by atoms with E-state index in [2.05, 4.69) is 21.2 Å². The summed E-state index contributed by atoms with van der Waals surface area (Å²) in [6, 6.07) is 12.0. The SMILES string of the molecule is Fc1ccc(C2CNCCC2c2ccc(Br)c(F)c2)cc1. The summed E-state index contributed by atoms with van der Waals surface area (Å²) in [7, 11) is 0. The Morgan fingerprint density at radius 2 is 1.67 bits per heavy atom. The monoisotopic (exact) mass is 351 g/mol. The van der Waals surface area contributed by atoms with E-state index in [0.717, 1.165) is 30.6 Å². The minimum Gasteiger partial charge on any atom is -0.316 e. The average Bonchev–Trinajstić information content (AvgIpc) is 2.51. The van der Waals surface area contributed by atoms with Gasteiger partial charge in [0.2, 0.25) is 0 Å². The van der Waals surface area contributed by atoms with Crippen LogP contribution in [0, 0.1) is 11.6 Å². The molecule has 0 amide bonds. The molecule has 3 rings (SSSR count). The van der Waals surface area contributed by atoms with Crippen LogP contribution < -0.4 is 5.32 Å². The van der Waals surface area contributed by atoms with Crippen LogP contribution in [0.4, 0.5) is 8.78 Å². The molecule has 0 aromatic heterocycles. The molecule has 1 aliphatic heterocycles. The Bertz CT molecular complexity index is 627. The summed E-state index contributed by atoms with van der Waals surface area (Å²) in [5.74, 6) is 0.0249. The molecular weight excluding hydrogens is 336 g/mol. The lowest BCUT2D eigenvalue weighted by Gasteiger charge is -2.33. The topological polar surface area (TPSA) is 12.0 Å². The highest BCUT2D eigenvalue weighted by Gasteiger charge is 2.28. The van der Waals surface area contributed by atoms with Crippen molar-refractivity contribution >= 4 is 15.9 Å². The number of nitrogens with one attached hydrogen (secondary N) is 1. The van der Waals surface area contributed by atoms with Gasteiger partial charge in [-0.1, -0.05) is 18.2 Å². The molecule has 0 radical (unpaired) electrons. The zero-order chi connectivity index (χ0) is 14.8. The van der Waals surface area contributed by atoms with Crippen LogP contribution in [0.15, 0.2) is 46.9 Å². The summed E-state index contributed by atoms with van der Waals surface area (Å²) in [6.45, 7) is 1.74. The third kappa shape index (κ3) is 3.16. The molecular formula is C17H16BrF2N. The lowest BCUT2D eigenvalue weighted by atomic mass is 9.77. The van der Waals surface area contributed by atoms with Crippen molar-refractivity contribution in [3.8, 4) is 0 Å². The molecule has 1 nitrogen and oxygen atoms in total. The minimum atomic E-state index is -0.233. The molecule has 1 saturated heterocycles. The molecule has 2 aromatic rings. The molecule has 4 heteroatoms. The van der Waals surface area contributed by atoms with Crippen LogP contribution in [0.5, 0.6) is 0 Å². The van der Waals surface area contributed by atoms with E-state index in [1.807, 2.05) is 18.2 Å². The quantitative estimate of drug-likeness (QED) is 0.834. The summed E-state index contributed by atoms with van der Waals surface area (Å²) in [4.78, 5) is 0. The molecule has 0 spiro atoms. The van der Waals surface area contributed by atoms with Crippen molar-refractivity contribution in [3.05, 3.63) is 69.7 Å². The van der Waals surface area contributed by atoms with Crippen molar-refractivity contribution in [2.45, 2.75) is 18.3 Å². The van der Waals surface area contributed by atoms with Crippen LogP contribution in [-0.2, 0) is 0 Å². The number of rotatable bonds is 2. The predicted molar refractivity (Wildman–Crippen MR) is 83.5 cm³/mol. The lowest BCUT2D eigenvalue weighted by molar-refractivity contribution is 0.402. The predicted octanol–water partition coefficient (Wildman–Crippen LogP) is 4.59. The van der Waals surface area contributed by atoms with Gasteiger partial charge in [-0.3, -0.25) is 0 Å². The number of halogens is 3. The van der Waals surface area contributed by atoms with Crippen molar-refractivity contribution in [2.75, 3.05) is 13.1 Å². The third-order valence-corrected chi connectivity index (χ3v) is 4.80. The van der Waals surface area contributed by atoms with Crippen LogP contribution in [0.2, 0.25) is 0 Å². The van der Waals surface area contributed by atoms with Gasteiger partial charge < -0.3 is 5.32 Å². The summed E-state index contributed by atoms with van der Waals surface area (Å²) < 4.78 is 27.4. The van der Waals surface area contributed by atoms with Crippen LogP contribution in [0.25, 0.3) is 0 Å². The highest BCUT2D eigenvalue weighted by molar-refractivity contribution is 9.10. The highest BCUT2D eigenvalue weighted by Crippen LogP contribution is 2.38. The van der Waals surface area contributed by atoms with E-state index in [-0.39, 0.29) is 23.5 Å². The normalized spacial score (nSPS) is 22.2. The fourth-order valence-electron chi connectivity index (χ4n) is 3.06. The second-order valence-electron chi connectivity index (χ2n) is 5.43. The van der Waals surface area contributed by atoms with E-state index in [4.69, 9.17) is 0 Å². The molecule has 1 N–H and O–H groups in total. The first-order chi connectivity index (χ1) is 10.1. The lowest BCUT2D eigenvalue weighted by Crippen LogP contribution is -2.34. The van der Waals surface area contributed by atoms with Crippen LogP contribution in [-0.4, -0.2) is 13.1 Å². The Labute approximate surface area is 131 Å². The molecule has 2 aromatic carbocycles. The summed E-state index contributed by atoms with van der Waals surface area (Å²) in [6.07, 6.45) is 0.948. The average molecular weight is 352 g/mol. The first-order valence-electron chi connectivity index (χ1n) is 7.06. The molecule has 110 valence electrons. The number of hydrogen-bond donors (Lipinski definition) is 1. The van der Waals surface area contributed by atoms with Gasteiger partial charge in [0.25, 0.3) is 0 Å². The van der Waals surface area contributed by atoms with E-state index >= 15 is 0 Å². The molecule has 1 aliphatic rings. The standard InChI is InChI=1S/C17H16BrF2N/c18-16-6-3-12(9-17(16)20)14-7-8-21-10-15(14)11-1-4-13(19)5-2-11/h1-6,9,14-15,21H,7-8,10H2. The van der Waals surface area contributed by atoms with Gasteiger partial charge in [-0.25, -0.2) is 8.78 Å². The van der Waals surface area contributed by atoms with Gasteiger partial charge in [0.15, 0.2) is 0 Å². The third-order valence-electron chi connectivity index (χ3n) is 4.15. The molecule has 2 unspecified atom stereocenters. The Morgan fingerprint density at radius 1 is 0.952 bits per heavy atom. The molecule has 0 aliphatic carbocycles. The van der Waals surface area contributed by atoms with E-state index in [1.54, 1.807) is 12.1 Å². The Hall–Kier alpha value is -1.26. The van der Waals surface area contributed by atoms with Gasteiger partial charge in [0.1, 0.15) is 11.6 Å². The van der Waals surface area contributed by atoms with Crippen molar-refractivity contribution < 1.29 is 8.78 Å². The van der Waals surface area contributed by atoms with E-state index in [0.29, 0.717) is 4.47 Å². The summed E-state index contributed by atoms with van der Waals surface area (Å²) in [5.41, 5.74) is 2.10. The second-order valence-corrected chi connectivity index (χ2v) is 6.29. The van der Waals surface area contributed by atoms with Crippen LogP contribution in [0.1, 0.15) is 29.4 Å². The molecule has 0 bridgehead atoms. The van der Waals surface area contributed by atoms with E-state index < -0.39 is 0 Å². The van der Waals surface area contributed by atoms with Crippen molar-refractivity contribution in [1.29, 1.82) is 0 Å². The fraction of sp³-hybridized carbons (Fsp3) is 0.294. The van der Waals surface area contributed by atoms with Crippen LogP contribution >= 0.6 is 15.9 Å². The van der Waals surface area contributed by atoms with Crippen molar-refractivity contribution in [3.63, 3.8) is 0 Å². The summed E-state index contributed by atoms with van der Waals surface area (Å²) >= 11 is 3.19. The van der Waals surface area contributed by atoms with Gasteiger partial charge >= 0.3 is 0 Å². The largest absolute Gasteiger partial charge is 0.316 e. The molecule has 2 atom stereocenters. The van der Waals surface area contributed by atoms with Crippen molar-refractivity contribution in [1.82, 2.24) is 5.32 Å². The molecule has 1 fully saturated rings. The maximum absolute atomic E-state index is 13.8. The zero-order valence-corrected chi connectivity index (χ0v) is 13.0. The highest BCUT2D eigenvalue weighted by atomic mass is 79.9. The van der Waals surface area contributed by atoms with Gasteiger partial charge in [0, 0.05) is 12.5 Å². The van der Waals surface area contributed by atoms with E-state index in [1.165, 1.54) is 12.1 Å². The van der Waals surface area contributed by atoms with Gasteiger partial charge in [-0.15, -0.1) is 0 Å². The Balaban J connectivity index is 1.94. The maximum Gasteiger partial charge on any atom is 0.137 e. The van der Waals surface area contributed by atoms with Gasteiger partial charge in [-0.2, -0.15) is 0 Å². The number of hydrogen-bond acceptors (Lipinski definition) is 1. The van der Waals surface area contributed by atoms with Crippen LogP contribution in [0.3, 0.4) is 0 Å². The number of piperidine rings is 1. The Kier molecular flexibility index (Phi) is 4.36. The smallest absolute Gasteiger partial charge is 0.137 e. The van der Waals surface area contributed by atoms with Gasteiger partial charge in [0.05, 0.1) is 4.47 Å². The first-order valence-corrected chi connectivity index (χ1v) is 7.85. The van der Waals surface area contributed by atoms with Crippen molar-refractivity contribution in [2.24, 2.45) is 0 Å². The fourth-order valence-corrected chi connectivity index (χ4v) is 3.31.